The van der Waals surface area contributed by atoms with Gasteiger partial charge in [-0.05, 0) is 56.5 Å². The number of furan rings is 2. The van der Waals surface area contributed by atoms with Crippen molar-refractivity contribution in [2.45, 2.75) is 46.2 Å². The molecule has 0 aliphatic rings. The molecule has 0 saturated heterocycles. The van der Waals surface area contributed by atoms with E-state index in [0.717, 1.165) is 29.9 Å². The van der Waals surface area contributed by atoms with Crippen LogP contribution < -0.4 is 0 Å². The Kier molecular flexibility index (Phi) is 7.70. The van der Waals surface area contributed by atoms with Crippen molar-refractivity contribution in [3.63, 3.8) is 0 Å². The second-order valence-corrected chi connectivity index (χ2v) is 7.73. The maximum absolute atomic E-state index is 13.3. The highest BCUT2D eigenvalue weighted by atomic mass is 16.3. The molecule has 0 N–H and O–H groups in total. The van der Waals surface area contributed by atoms with Crippen molar-refractivity contribution in [1.29, 1.82) is 0 Å². The summed E-state index contributed by atoms with van der Waals surface area (Å²) in [4.78, 5) is 29.6. The minimum absolute atomic E-state index is 0.0109. The van der Waals surface area contributed by atoms with E-state index in [-0.39, 0.29) is 30.2 Å². The molecular weight excluding hydrogens is 392 g/mol. The lowest BCUT2D eigenvalue weighted by Crippen LogP contribution is -2.46. The molecule has 0 saturated carbocycles. The van der Waals surface area contributed by atoms with Gasteiger partial charge in [0.2, 0.25) is 5.91 Å². The van der Waals surface area contributed by atoms with Crippen molar-refractivity contribution in [2.24, 2.45) is 0 Å². The number of carbonyl (C=O) groups is 2. The smallest absolute Gasteiger partial charge is 0.290 e. The molecule has 0 bridgehead atoms. The summed E-state index contributed by atoms with van der Waals surface area (Å²) in [5.74, 6) is 1.38. The number of aryl methyl sites for hydroxylation is 1. The standard InChI is InChI=1S/C25H30N2O4/c1-4-19(2)27(25(29)23-11-8-16-30-23)18-24(28)26(17-22-13-12-20(3)31-22)15-14-21-9-6-5-7-10-21/h5-13,16,19H,4,14-15,17-18H2,1-3H3. The molecule has 3 rings (SSSR count). The fraction of sp³-hybridized carbons (Fsp3) is 0.360. The van der Waals surface area contributed by atoms with Crippen molar-refractivity contribution in [3.8, 4) is 0 Å². The van der Waals surface area contributed by atoms with Gasteiger partial charge >= 0.3 is 0 Å². The highest BCUT2D eigenvalue weighted by Crippen LogP contribution is 2.15. The molecule has 2 heterocycles. The van der Waals surface area contributed by atoms with Crippen LogP contribution in [0.1, 0.15) is 47.9 Å². The van der Waals surface area contributed by atoms with Gasteiger partial charge in [-0.2, -0.15) is 0 Å². The molecule has 1 aromatic carbocycles. The highest BCUT2D eigenvalue weighted by molar-refractivity contribution is 5.94. The first-order valence-electron chi connectivity index (χ1n) is 10.7. The first-order chi connectivity index (χ1) is 15.0. The van der Waals surface area contributed by atoms with Gasteiger partial charge in [0.15, 0.2) is 5.76 Å². The van der Waals surface area contributed by atoms with Gasteiger partial charge < -0.3 is 18.6 Å². The molecule has 6 heteroatoms. The molecule has 3 aromatic rings. The minimum atomic E-state index is -0.274. The second kappa shape index (κ2) is 10.7. The summed E-state index contributed by atoms with van der Waals surface area (Å²) in [5, 5.41) is 0. The summed E-state index contributed by atoms with van der Waals surface area (Å²) < 4.78 is 11.0. The van der Waals surface area contributed by atoms with Crippen molar-refractivity contribution < 1.29 is 18.4 Å². The Morgan fingerprint density at radius 2 is 1.81 bits per heavy atom. The van der Waals surface area contributed by atoms with Crippen LogP contribution in [0.3, 0.4) is 0 Å². The SMILES string of the molecule is CCC(C)N(CC(=O)N(CCc1ccccc1)Cc1ccc(C)o1)C(=O)c1ccco1. The number of rotatable bonds is 10. The number of amides is 2. The quantitative estimate of drug-likeness (QED) is 0.475. The van der Waals surface area contributed by atoms with Gasteiger partial charge in [-0.25, -0.2) is 0 Å². The van der Waals surface area contributed by atoms with Crippen LogP contribution in [0.25, 0.3) is 0 Å². The van der Waals surface area contributed by atoms with Crippen molar-refractivity contribution in [3.05, 3.63) is 83.7 Å². The van der Waals surface area contributed by atoms with E-state index in [1.165, 1.54) is 6.26 Å². The Morgan fingerprint density at radius 3 is 2.42 bits per heavy atom. The van der Waals surface area contributed by atoms with E-state index in [1.807, 2.05) is 63.2 Å². The summed E-state index contributed by atoms with van der Waals surface area (Å²) in [6.07, 6.45) is 2.93. The lowest BCUT2D eigenvalue weighted by molar-refractivity contribution is -0.133. The topological polar surface area (TPSA) is 66.9 Å². The van der Waals surface area contributed by atoms with Crippen molar-refractivity contribution >= 4 is 11.8 Å². The van der Waals surface area contributed by atoms with Crippen LogP contribution in [-0.2, 0) is 17.8 Å². The van der Waals surface area contributed by atoms with E-state index in [0.29, 0.717) is 13.1 Å². The zero-order chi connectivity index (χ0) is 22.2. The molecule has 2 amide bonds. The van der Waals surface area contributed by atoms with Crippen LogP contribution in [0, 0.1) is 6.92 Å². The van der Waals surface area contributed by atoms with Gasteiger partial charge in [-0.15, -0.1) is 0 Å². The molecule has 0 spiro atoms. The average Bonchev–Trinajstić information content (AvgIpc) is 3.46. The summed E-state index contributed by atoms with van der Waals surface area (Å²) >= 11 is 0. The molecule has 1 atom stereocenters. The van der Waals surface area contributed by atoms with E-state index in [1.54, 1.807) is 21.9 Å². The van der Waals surface area contributed by atoms with Crippen molar-refractivity contribution in [2.75, 3.05) is 13.1 Å². The molecule has 6 nitrogen and oxygen atoms in total. The van der Waals surface area contributed by atoms with Gasteiger partial charge in [0.05, 0.1) is 12.8 Å². The van der Waals surface area contributed by atoms with Crippen LogP contribution in [-0.4, -0.2) is 40.7 Å². The maximum atomic E-state index is 13.3. The third-order valence-electron chi connectivity index (χ3n) is 5.43. The first-order valence-corrected chi connectivity index (χ1v) is 10.7. The lowest BCUT2D eigenvalue weighted by Gasteiger charge is -2.30. The number of carbonyl (C=O) groups excluding carboxylic acids is 2. The van der Waals surface area contributed by atoms with E-state index < -0.39 is 0 Å². The molecule has 31 heavy (non-hydrogen) atoms. The predicted molar refractivity (Wildman–Crippen MR) is 119 cm³/mol. The highest BCUT2D eigenvalue weighted by Gasteiger charge is 2.27. The van der Waals surface area contributed by atoms with Gasteiger partial charge in [-0.3, -0.25) is 9.59 Å². The Labute approximate surface area is 183 Å². The second-order valence-electron chi connectivity index (χ2n) is 7.73. The van der Waals surface area contributed by atoms with Crippen LogP contribution in [0.5, 0.6) is 0 Å². The lowest BCUT2D eigenvalue weighted by atomic mass is 10.1. The average molecular weight is 423 g/mol. The largest absolute Gasteiger partial charge is 0.464 e. The molecule has 0 fully saturated rings. The van der Waals surface area contributed by atoms with Gasteiger partial charge in [0.1, 0.15) is 18.1 Å². The van der Waals surface area contributed by atoms with Crippen LogP contribution >= 0.6 is 0 Å². The van der Waals surface area contributed by atoms with Crippen LogP contribution in [0.2, 0.25) is 0 Å². The molecule has 0 aliphatic heterocycles. The van der Waals surface area contributed by atoms with Crippen LogP contribution in [0.4, 0.5) is 0 Å². The van der Waals surface area contributed by atoms with Gasteiger partial charge in [-0.1, -0.05) is 37.3 Å². The number of hydrogen-bond donors (Lipinski definition) is 0. The molecular formula is C25H30N2O4. The van der Waals surface area contributed by atoms with E-state index in [4.69, 9.17) is 8.83 Å². The van der Waals surface area contributed by atoms with Gasteiger partial charge in [0.25, 0.3) is 5.91 Å². The summed E-state index contributed by atoms with van der Waals surface area (Å²) in [7, 11) is 0. The summed E-state index contributed by atoms with van der Waals surface area (Å²) in [6, 6.07) is 17.0. The summed E-state index contributed by atoms with van der Waals surface area (Å²) in [5.41, 5.74) is 1.15. The Bertz CT molecular complexity index is 963. The van der Waals surface area contributed by atoms with Crippen molar-refractivity contribution in [1.82, 2.24) is 9.80 Å². The van der Waals surface area contributed by atoms with E-state index in [2.05, 4.69) is 0 Å². The number of nitrogens with zero attached hydrogens (tertiary/aromatic N) is 2. The Morgan fingerprint density at radius 1 is 1.03 bits per heavy atom. The van der Waals surface area contributed by atoms with Crippen LogP contribution in [0.15, 0.2) is 69.7 Å². The normalized spacial score (nSPS) is 11.8. The Hall–Kier alpha value is -3.28. The molecule has 0 radical (unpaired) electrons. The van der Waals surface area contributed by atoms with E-state index >= 15 is 0 Å². The fourth-order valence-corrected chi connectivity index (χ4v) is 3.39. The molecule has 164 valence electrons. The predicted octanol–water partition coefficient (Wildman–Crippen LogP) is 4.69. The fourth-order valence-electron chi connectivity index (χ4n) is 3.39. The zero-order valence-electron chi connectivity index (χ0n) is 18.4. The number of hydrogen-bond acceptors (Lipinski definition) is 4. The maximum Gasteiger partial charge on any atom is 0.290 e. The third kappa shape index (κ3) is 6.10. The first kappa shape index (κ1) is 22.4. The van der Waals surface area contributed by atoms with E-state index in [9.17, 15) is 9.59 Å². The molecule has 0 aliphatic carbocycles. The number of benzene rings is 1. The Balaban J connectivity index is 1.76. The summed E-state index contributed by atoms with van der Waals surface area (Å²) in [6.45, 7) is 6.71. The molecule has 2 aromatic heterocycles. The van der Waals surface area contributed by atoms with Gasteiger partial charge in [0, 0.05) is 12.6 Å². The third-order valence-corrected chi connectivity index (χ3v) is 5.43. The monoisotopic (exact) mass is 422 g/mol. The minimum Gasteiger partial charge on any atom is -0.464 e. The molecule has 1 unspecified atom stereocenters. The zero-order valence-corrected chi connectivity index (χ0v) is 18.4.